The number of nitrogen functional groups attached to an aromatic ring is 1. The Kier molecular flexibility index (Phi) is 5.95. The van der Waals surface area contributed by atoms with E-state index in [0.717, 1.165) is 19.5 Å². The third-order valence-corrected chi connectivity index (χ3v) is 4.72. The molecule has 0 unspecified atom stereocenters. The Morgan fingerprint density at radius 3 is 2.64 bits per heavy atom. The van der Waals surface area contributed by atoms with Crippen LogP contribution in [-0.2, 0) is 11.3 Å². The van der Waals surface area contributed by atoms with Gasteiger partial charge >= 0.3 is 0 Å². The molecule has 3 rings (SSSR count). The summed E-state index contributed by atoms with van der Waals surface area (Å²) in [5.74, 6) is -0.0119. The molecule has 25 heavy (non-hydrogen) atoms. The number of hydrogen-bond acceptors (Lipinski definition) is 3. The SMILES string of the molecule is Nc1ccc(NC(=O)CCCN(Cc2ccccc2)C2CC2)c(Cl)c1. The molecule has 2 aromatic rings. The molecule has 0 radical (unpaired) electrons. The van der Waals surface area contributed by atoms with Gasteiger partial charge in [0, 0.05) is 24.7 Å². The van der Waals surface area contributed by atoms with Crippen LogP contribution in [0.25, 0.3) is 0 Å². The summed E-state index contributed by atoms with van der Waals surface area (Å²) in [6.45, 7) is 1.89. The number of anilines is 2. The lowest BCUT2D eigenvalue weighted by molar-refractivity contribution is -0.116. The maximum absolute atomic E-state index is 12.2. The summed E-state index contributed by atoms with van der Waals surface area (Å²) < 4.78 is 0. The first-order valence-electron chi connectivity index (χ1n) is 8.74. The van der Waals surface area contributed by atoms with Gasteiger partial charge in [-0.15, -0.1) is 0 Å². The minimum absolute atomic E-state index is 0.0119. The number of benzene rings is 2. The maximum atomic E-state index is 12.2. The second-order valence-corrected chi connectivity index (χ2v) is 6.99. The molecular weight excluding hydrogens is 334 g/mol. The number of carbonyl (C=O) groups is 1. The van der Waals surface area contributed by atoms with Gasteiger partial charge in [0.2, 0.25) is 5.91 Å². The van der Waals surface area contributed by atoms with Crippen molar-refractivity contribution in [2.45, 2.75) is 38.3 Å². The number of nitrogens with one attached hydrogen (secondary N) is 1. The van der Waals surface area contributed by atoms with E-state index >= 15 is 0 Å². The van der Waals surface area contributed by atoms with Crippen molar-refractivity contribution in [2.24, 2.45) is 0 Å². The van der Waals surface area contributed by atoms with E-state index in [0.29, 0.717) is 28.9 Å². The van der Waals surface area contributed by atoms with E-state index in [1.807, 2.05) is 6.07 Å². The van der Waals surface area contributed by atoms with Crippen molar-refractivity contribution in [3.8, 4) is 0 Å². The molecule has 0 atom stereocenters. The van der Waals surface area contributed by atoms with Gasteiger partial charge in [0.15, 0.2) is 0 Å². The monoisotopic (exact) mass is 357 g/mol. The average molecular weight is 358 g/mol. The molecule has 0 bridgehead atoms. The summed E-state index contributed by atoms with van der Waals surface area (Å²) in [6, 6.07) is 16.3. The fourth-order valence-electron chi connectivity index (χ4n) is 2.94. The minimum atomic E-state index is -0.0119. The molecule has 0 saturated heterocycles. The largest absolute Gasteiger partial charge is 0.399 e. The topological polar surface area (TPSA) is 58.4 Å². The number of amides is 1. The molecule has 1 aliphatic rings. The van der Waals surface area contributed by atoms with Crippen molar-refractivity contribution in [3.05, 3.63) is 59.1 Å². The Hall–Kier alpha value is -2.04. The summed E-state index contributed by atoms with van der Waals surface area (Å²) in [6.07, 6.45) is 3.85. The summed E-state index contributed by atoms with van der Waals surface area (Å²) in [4.78, 5) is 14.6. The van der Waals surface area contributed by atoms with E-state index in [1.54, 1.807) is 18.2 Å². The average Bonchev–Trinajstić information content (AvgIpc) is 3.42. The van der Waals surface area contributed by atoms with Crippen molar-refractivity contribution >= 4 is 28.9 Å². The first kappa shape index (κ1) is 17.8. The zero-order chi connectivity index (χ0) is 17.6. The van der Waals surface area contributed by atoms with Crippen LogP contribution < -0.4 is 11.1 Å². The van der Waals surface area contributed by atoms with Crippen LogP contribution in [0.4, 0.5) is 11.4 Å². The van der Waals surface area contributed by atoms with Gasteiger partial charge in [0.25, 0.3) is 0 Å². The van der Waals surface area contributed by atoms with Crippen LogP contribution in [0.5, 0.6) is 0 Å². The highest BCUT2D eigenvalue weighted by atomic mass is 35.5. The number of hydrogen-bond donors (Lipinski definition) is 2. The standard InChI is InChI=1S/C20H24ClN3O/c21-18-13-16(22)8-11-19(18)23-20(25)7-4-12-24(17-9-10-17)14-15-5-2-1-3-6-15/h1-3,5-6,8,11,13,17H,4,7,9-10,12,14,22H2,(H,23,25). The van der Waals surface area contributed by atoms with Crippen LogP contribution in [0.2, 0.25) is 5.02 Å². The van der Waals surface area contributed by atoms with E-state index in [9.17, 15) is 4.79 Å². The molecule has 0 aliphatic heterocycles. The lowest BCUT2D eigenvalue weighted by Gasteiger charge is -2.22. The van der Waals surface area contributed by atoms with E-state index in [-0.39, 0.29) is 5.91 Å². The van der Waals surface area contributed by atoms with E-state index in [2.05, 4.69) is 34.5 Å². The maximum Gasteiger partial charge on any atom is 0.224 e. The van der Waals surface area contributed by atoms with Gasteiger partial charge in [-0.2, -0.15) is 0 Å². The fraction of sp³-hybridized carbons (Fsp3) is 0.350. The molecule has 0 aromatic heterocycles. The Bertz CT molecular complexity index is 716. The van der Waals surface area contributed by atoms with Gasteiger partial charge in [-0.3, -0.25) is 9.69 Å². The Balaban J connectivity index is 1.46. The summed E-state index contributed by atoms with van der Waals surface area (Å²) in [7, 11) is 0. The van der Waals surface area contributed by atoms with Crippen LogP contribution in [0.15, 0.2) is 48.5 Å². The lowest BCUT2D eigenvalue weighted by atomic mass is 10.2. The van der Waals surface area contributed by atoms with Crippen LogP contribution in [0.3, 0.4) is 0 Å². The molecule has 132 valence electrons. The predicted molar refractivity (Wildman–Crippen MR) is 104 cm³/mol. The van der Waals surface area contributed by atoms with Gasteiger partial charge in [0.1, 0.15) is 0 Å². The minimum Gasteiger partial charge on any atom is -0.399 e. The van der Waals surface area contributed by atoms with Gasteiger partial charge in [-0.1, -0.05) is 41.9 Å². The molecule has 0 heterocycles. The van der Waals surface area contributed by atoms with Crippen molar-refractivity contribution in [2.75, 3.05) is 17.6 Å². The normalized spacial score (nSPS) is 13.8. The highest BCUT2D eigenvalue weighted by Crippen LogP contribution is 2.29. The molecular formula is C20H24ClN3O. The van der Waals surface area contributed by atoms with Crippen molar-refractivity contribution in [3.63, 3.8) is 0 Å². The predicted octanol–water partition coefficient (Wildman–Crippen LogP) is 4.31. The van der Waals surface area contributed by atoms with Gasteiger partial charge in [-0.25, -0.2) is 0 Å². The zero-order valence-electron chi connectivity index (χ0n) is 14.2. The smallest absolute Gasteiger partial charge is 0.224 e. The molecule has 2 aromatic carbocycles. The molecule has 1 saturated carbocycles. The molecule has 1 aliphatic carbocycles. The third kappa shape index (κ3) is 5.48. The van der Waals surface area contributed by atoms with E-state index < -0.39 is 0 Å². The van der Waals surface area contributed by atoms with Crippen LogP contribution in [0, 0.1) is 0 Å². The van der Waals surface area contributed by atoms with Crippen molar-refractivity contribution < 1.29 is 4.79 Å². The molecule has 1 fully saturated rings. The number of rotatable bonds is 8. The second kappa shape index (κ2) is 8.37. The number of nitrogens with two attached hydrogens (primary N) is 1. The van der Waals surface area contributed by atoms with Crippen LogP contribution >= 0.6 is 11.6 Å². The quantitative estimate of drug-likeness (QED) is 0.692. The van der Waals surface area contributed by atoms with E-state index in [4.69, 9.17) is 17.3 Å². The summed E-state index contributed by atoms with van der Waals surface area (Å²) >= 11 is 6.10. The Morgan fingerprint density at radius 1 is 1.20 bits per heavy atom. The number of carbonyl (C=O) groups excluding carboxylic acids is 1. The lowest BCUT2D eigenvalue weighted by Crippen LogP contribution is -2.27. The zero-order valence-corrected chi connectivity index (χ0v) is 15.0. The highest BCUT2D eigenvalue weighted by molar-refractivity contribution is 6.34. The third-order valence-electron chi connectivity index (χ3n) is 4.41. The Labute approximate surface area is 154 Å². The molecule has 4 nitrogen and oxygen atoms in total. The molecule has 5 heteroatoms. The van der Waals surface area contributed by atoms with E-state index in [1.165, 1.54) is 18.4 Å². The first-order chi connectivity index (χ1) is 12.1. The van der Waals surface area contributed by atoms with Crippen LogP contribution in [0.1, 0.15) is 31.2 Å². The highest BCUT2D eigenvalue weighted by Gasteiger charge is 2.28. The van der Waals surface area contributed by atoms with Gasteiger partial charge in [-0.05, 0) is 49.6 Å². The second-order valence-electron chi connectivity index (χ2n) is 6.58. The van der Waals surface area contributed by atoms with Gasteiger partial charge < -0.3 is 11.1 Å². The molecule has 3 N–H and O–H groups in total. The first-order valence-corrected chi connectivity index (χ1v) is 9.12. The van der Waals surface area contributed by atoms with Gasteiger partial charge in [0.05, 0.1) is 10.7 Å². The summed E-state index contributed by atoms with van der Waals surface area (Å²) in [5, 5.41) is 3.33. The van der Waals surface area contributed by atoms with Crippen molar-refractivity contribution in [1.29, 1.82) is 0 Å². The molecule has 0 spiro atoms. The summed E-state index contributed by atoms with van der Waals surface area (Å²) in [5.41, 5.74) is 8.20. The fourth-order valence-corrected chi connectivity index (χ4v) is 3.17. The van der Waals surface area contributed by atoms with Crippen LogP contribution in [-0.4, -0.2) is 23.4 Å². The Morgan fingerprint density at radius 2 is 1.96 bits per heavy atom. The number of halogens is 1. The van der Waals surface area contributed by atoms with Crippen molar-refractivity contribution in [1.82, 2.24) is 4.90 Å². The molecule has 1 amide bonds. The number of nitrogens with zero attached hydrogens (tertiary/aromatic N) is 1.